The van der Waals surface area contributed by atoms with Crippen LogP contribution in [0.15, 0.2) is 18.2 Å². The average Bonchev–Trinajstić information content (AvgIpc) is 2.38. The zero-order valence-corrected chi connectivity index (χ0v) is 11.5. The van der Waals surface area contributed by atoms with Gasteiger partial charge in [-0.05, 0) is 26.0 Å². The van der Waals surface area contributed by atoms with Gasteiger partial charge in [0.05, 0.1) is 10.6 Å². The van der Waals surface area contributed by atoms with Gasteiger partial charge in [-0.2, -0.15) is 4.98 Å². The summed E-state index contributed by atoms with van der Waals surface area (Å²) in [4.78, 5) is 8.38. The van der Waals surface area contributed by atoms with Gasteiger partial charge >= 0.3 is 0 Å². The van der Waals surface area contributed by atoms with Crippen molar-refractivity contribution in [3.05, 3.63) is 40.4 Å². The third-order valence-electron chi connectivity index (χ3n) is 2.57. The van der Waals surface area contributed by atoms with Gasteiger partial charge in [0.25, 0.3) is 0 Å². The summed E-state index contributed by atoms with van der Waals surface area (Å²) in [6.07, 6.45) is 0. The number of benzene rings is 1. The summed E-state index contributed by atoms with van der Waals surface area (Å²) in [5.74, 6) is 0.914. The Hall–Kier alpha value is -1.88. The summed E-state index contributed by atoms with van der Waals surface area (Å²) in [6.45, 7) is 3.53. The van der Waals surface area contributed by atoms with Crippen LogP contribution in [0.25, 0.3) is 0 Å². The Morgan fingerprint density at radius 1 is 1.26 bits per heavy atom. The molecule has 2 aromatic rings. The molecule has 4 nitrogen and oxygen atoms in total. The first kappa shape index (κ1) is 13.5. The van der Waals surface area contributed by atoms with Crippen LogP contribution in [0, 0.1) is 19.7 Å². The van der Waals surface area contributed by atoms with Crippen molar-refractivity contribution in [3.8, 4) is 11.6 Å². The van der Waals surface area contributed by atoms with Gasteiger partial charge in [0, 0.05) is 7.05 Å². The van der Waals surface area contributed by atoms with Crippen molar-refractivity contribution in [1.82, 2.24) is 9.97 Å². The Balaban J connectivity index is 2.43. The number of anilines is 1. The summed E-state index contributed by atoms with van der Waals surface area (Å²) < 4.78 is 19.3. The Morgan fingerprint density at radius 2 is 2.00 bits per heavy atom. The lowest BCUT2D eigenvalue weighted by Crippen LogP contribution is -2.03. The van der Waals surface area contributed by atoms with Crippen LogP contribution in [-0.4, -0.2) is 17.0 Å². The van der Waals surface area contributed by atoms with Crippen LogP contribution in [0.2, 0.25) is 5.02 Å². The number of nitrogens with zero attached hydrogens (tertiary/aromatic N) is 2. The molecule has 0 atom stereocenters. The number of rotatable bonds is 3. The number of hydrogen-bond donors (Lipinski definition) is 1. The highest BCUT2D eigenvalue weighted by molar-refractivity contribution is 6.30. The first-order valence-corrected chi connectivity index (χ1v) is 6.05. The van der Waals surface area contributed by atoms with E-state index in [1.54, 1.807) is 27.0 Å². The van der Waals surface area contributed by atoms with Gasteiger partial charge in [0.15, 0.2) is 11.6 Å². The topological polar surface area (TPSA) is 47.0 Å². The highest BCUT2D eigenvalue weighted by Gasteiger charge is 2.14. The number of nitrogens with one attached hydrogen (secondary N) is 1. The molecule has 0 spiro atoms. The molecule has 0 aliphatic heterocycles. The van der Waals surface area contributed by atoms with Crippen LogP contribution in [0.4, 0.5) is 10.2 Å². The predicted octanol–water partition coefficient (Wildman–Crippen LogP) is 3.72. The lowest BCUT2D eigenvalue weighted by Gasteiger charge is -2.12. The minimum atomic E-state index is -0.606. The van der Waals surface area contributed by atoms with Gasteiger partial charge in [0.1, 0.15) is 11.6 Å². The van der Waals surface area contributed by atoms with Crippen molar-refractivity contribution < 1.29 is 9.13 Å². The molecule has 0 saturated carbocycles. The fourth-order valence-electron chi connectivity index (χ4n) is 1.61. The zero-order valence-electron chi connectivity index (χ0n) is 10.8. The van der Waals surface area contributed by atoms with E-state index in [4.69, 9.17) is 16.3 Å². The number of aromatic nitrogens is 2. The Kier molecular flexibility index (Phi) is 3.85. The molecule has 6 heteroatoms. The zero-order chi connectivity index (χ0) is 14.0. The average molecular weight is 282 g/mol. The second-order valence-corrected chi connectivity index (χ2v) is 4.36. The Morgan fingerprint density at radius 3 is 2.68 bits per heavy atom. The van der Waals surface area contributed by atoms with Crippen molar-refractivity contribution >= 4 is 17.4 Å². The molecule has 0 radical (unpaired) electrons. The summed E-state index contributed by atoms with van der Waals surface area (Å²) in [6, 6.07) is 4.57. The summed E-state index contributed by atoms with van der Waals surface area (Å²) in [5, 5.41) is 2.95. The van der Waals surface area contributed by atoms with Crippen LogP contribution >= 0.6 is 11.6 Å². The van der Waals surface area contributed by atoms with Crippen molar-refractivity contribution in [2.24, 2.45) is 0 Å². The van der Waals surface area contributed by atoms with Crippen LogP contribution in [0.3, 0.4) is 0 Å². The molecule has 0 amide bonds. The van der Waals surface area contributed by atoms with Gasteiger partial charge in [-0.1, -0.05) is 17.7 Å². The molecule has 19 heavy (non-hydrogen) atoms. The lowest BCUT2D eigenvalue weighted by atomic mass is 10.3. The number of ether oxygens (including phenoxy) is 1. The highest BCUT2D eigenvalue weighted by atomic mass is 35.5. The maximum atomic E-state index is 13.8. The molecular formula is C13H13ClFN3O. The first-order chi connectivity index (χ1) is 9.02. The third kappa shape index (κ3) is 2.76. The molecule has 0 fully saturated rings. The lowest BCUT2D eigenvalue weighted by molar-refractivity contribution is 0.422. The largest absolute Gasteiger partial charge is 0.435 e. The molecule has 1 heterocycles. The summed E-state index contributed by atoms with van der Waals surface area (Å²) in [5.41, 5.74) is 0.701. The van der Waals surface area contributed by atoms with Crippen LogP contribution in [0.1, 0.15) is 11.4 Å². The molecule has 0 bridgehead atoms. The number of hydrogen-bond acceptors (Lipinski definition) is 4. The minimum absolute atomic E-state index is 0.00905. The van der Waals surface area contributed by atoms with E-state index in [-0.39, 0.29) is 10.8 Å². The molecule has 2 rings (SSSR count). The summed E-state index contributed by atoms with van der Waals surface area (Å²) in [7, 11) is 1.75. The minimum Gasteiger partial charge on any atom is -0.435 e. The van der Waals surface area contributed by atoms with E-state index in [1.165, 1.54) is 12.1 Å². The van der Waals surface area contributed by atoms with Gasteiger partial charge < -0.3 is 10.1 Å². The Labute approximate surface area is 115 Å². The van der Waals surface area contributed by atoms with E-state index in [1.807, 2.05) is 0 Å². The van der Waals surface area contributed by atoms with Crippen molar-refractivity contribution in [2.45, 2.75) is 13.8 Å². The molecule has 0 unspecified atom stereocenters. The van der Waals surface area contributed by atoms with Crippen LogP contribution in [-0.2, 0) is 0 Å². The van der Waals surface area contributed by atoms with Crippen LogP contribution in [0.5, 0.6) is 11.6 Å². The molecule has 1 N–H and O–H groups in total. The first-order valence-electron chi connectivity index (χ1n) is 5.67. The molecule has 0 saturated heterocycles. The van der Waals surface area contributed by atoms with E-state index in [2.05, 4.69) is 15.3 Å². The van der Waals surface area contributed by atoms with Gasteiger partial charge in [0.2, 0.25) is 5.88 Å². The number of halogens is 2. The maximum absolute atomic E-state index is 13.8. The molecule has 100 valence electrons. The van der Waals surface area contributed by atoms with E-state index >= 15 is 0 Å². The van der Waals surface area contributed by atoms with E-state index in [0.29, 0.717) is 23.1 Å². The van der Waals surface area contributed by atoms with E-state index in [9.17, 15) is 4.39 Å². The second kappa shape index (κ2) is 5.40. The van der Waals surface area contributed by atoms with Crippen molar-refractivity contribution in [2.75, 3.05) is 12.4 Å². The highest BCUT2D eigenvalue weighted by Crippen LogP contribution is 2.31. The normalized spacial score (nSPS) is 10.4. The quantitative estimate of drug-likeness (QED) is 0.931. The molecular weight excluding hydrogens is 269 g/mol. The molecule has 1 aromatic heterocycles. The molecule has 1 aromatic carbocycles. The summed E-state index contributed by atoms with van der Waals surface area (Å²) >= 11 is 5.71. The number of aryl methyl sites for hydroxylation is 1. The predicted molar refractivity (Wildman–Crippen MR) is 72.5 cm³/mol. The molecule has 0 aliphatic rings. The van der Waals surface area contributed by atoms with Crippen LogP contribution < -0.4 is 10.1 Å². The fraction of sp³-hybridized carbons (Fsp3) is 0.231. The van der Waals surface area contributed by atoms with Crippen molar-refractivity contribution in [1.29, 1.82) is 0 Å². The SMILES string of the molecule is CNc1nc(C)nc(Oc2cccc(Cl)c2F)c1C. The van der Waals surface area contributed by atoms with E-state index in [0.717, 1.165) is 0 Å². The van der Waals surface area contributed by atoms with E-state index < -0.39 is 5.82 Å². The van der Waals surface area contributed by atoms with Gasteiger partial charge in [-0.25, -0.2) is 9.37 Å². The standard InChI is InChI=1S/C13H13ClFN3O/c1-7-12(16-3)17-8(2)18-13(7)19-10-6-4-5-9(14)11(10)15/h4-6H,1-3H3,(H,16,17,18). The van der Waals surface area contributed by atoms with Gasteiger partial charge in [-0.3, -0.25) is 0 Å². The fourth-order valence-corrected chi connectivity index (χ4v) is 1.78. The second-order valence-electron chi connectivity index (χ2n) is 3.95. The maximum Gasteiger partial charge on any atom is 0.227 e. The third-order valence-corrected chi connectivity index (χ3v) is 2.86. The monoisotopic (exact) mass is 281 g/mol. The van der Waals surface area contributed by atoms with Gasteiger partial charge in [-0.15, -0.1) is 0 Å². The Bertz CT molecular complexity index is 619. The molecule has 0 aliphatic carbocycles. The van der Waals surface area contributed by atoms with Crippen molar-refractivity contribution in [3.63, 3.8) is 0 Å². The smallest absolute Gasteiger partial charge is 0.227 e.